The van der Waals surface area contributed by atoms with Gasteiger partial charge in [-0.25, -0.2) is 4.98 Å². The van der Waals surface area contributed by atoms with Crippen molar-refractivity contribution in [3.05, 3.63) is 11.1 Å². The Bertz CT molecular complexity index is 422. The van der Waals surface area contributed by atoms with Gasteiger partial charge in [0.15, 0.2) is 5.13 Å². The Kier molecular flexibility index (Phi) is 5.15. The minimum absolute atomic E-state index is 0.246. The molecule has 0 aliphatic carbocycles. The molecule has 1 aromatic rings. The van der Waals surface area contributed by atoms with E-state index in [-0.39, 0.29) is 12.4 Å². The van der Waals surface area contributed by atoms with E-state index >= 15 is 0 Å². The number of aromatic nitrogens is 1. The van der Waals surface area contributed by atoms with Crippen molar-refractivity contribution in [3.8, 4) is 0 Å². The molecule has 2 rings (SSSR count). The standard InChI is InChI=1S/C13H21N3O2S/c1-3-16-6-4-5-11(16)8-14-13-15-10(9-19-13)7-12(17)18-2/h9,11H,3-8H2,1-2H3,(H,14,15). The molecule has 0 bridgehead atoms. The number of esters is 1. The number of thiazole rings is 1. The van der Waals surface area contributed by atoms with Crippen LogP contribution in [0, 0.1) is 0 Å². The van der Waals surface area contributed by atoms with E-state index in [0.717, 1.165) is 23.9 Å². The zero-order valence-electron chi connectivity index (χ0n) is 11.5. The minimum atomic E-state index is -0.246. The highest BCUT2D eigenvalue weighted by Crippen LogP contribution is 2.20. The lowest BCUT2D eigenvalue weighted by Crippen LogP contribution is -2.34. The number of methoxy groups -OCH3 is 1. The van der Waals surface area contributed by atoms with E-state index in [2.05, 4.69) is 26.9 Å². The summed E-state index contributed by atoms with van der Waals surface area (Å²) >= 11 is 1.55. The van der Waals surface area contributed by atoms with Crippen LogP contribution in [0.4, 0.5) is 5.13 Å². The maximum atomic E-state index is 11.2. The topological polar surface area (TPSA) is 54.5 Å². The molecule has 0 radical (unpaired) electrons. The van der Waals surface area contributed by atoms with E-state index in [1.54, 1.807) is 11.3 Å². The molecule has 0 spiro atoms. The molecule has 0 saturated carbocycles. The molecule has 1 aromatic heterocycles. The highest BCUT2D eigenvalue weighted by Gasteiger charge is 2.22. The van der Waals surface area contributed by atoms with E-state index in [0.29, 0.717) is 6.04 Å². The largest absolute Gasteiger partial charge is 0.469 e. The van der Waals surface area contributed by atoms with E-state index in [4.69, 9.17) is 0 Å². The van der Waals surface area contributed by atoms with Crippen LogP contribution in [0.1, 0.15) is 25.5 Å². The molecule has 1 fully saturated rings. The van der Waals surface area contributed by atoms with Crippen molar-refractivity contribution in [3.63, 3.8) is 0 Å². The summed E-state index contributed by atoms with van der Waals surface area (Å²) in [6.45, 7) is 5.45. The third-order valence-corrected chi connectivity index (χ3v) is 4.35. The van der Waals surface area contributed by atoms with Crippen LogP contribution in [0.3, 0.4) is 0 Å². The van der Waals surface area contributed by atoms with Crippen molar-refractivity contribution in [1.29, 1.82) is 0 Å². The molecule has 0 aromatic carbocycles. The number of carbonyl (C=O) groups excluding carboxylic acids is 1. The monoisotopic (exact) mass is 283 g/mol. The van der Waals surface area contributed by atoms with Crippen molar-refractivity contribution in [2.75, 3.05) is 32.1 Å². The maximum Gasteiger partial charge on any atom is 0.311 e. The molecule has 106 valence electrons. The molecule has 0 amide bonds. The summed E-state index contributed by atoms with van der Waals surface area (Å²) < 4.78 is 4.63. The van der Waals surface area contributed by atoms with Gasteiger partial charge in [-0.15, -0.1) is 11.3 Å². The Balaban J connectivity index is 1.81. The summed E-state index contributed by atoms with van der Waals surface area (Å²) in [7, 11) is 1.40. The molecular formula is C13H21N3O2S. The van der Waals surface area contributed by atoms with E-state index in [1.165, 1.54) is 26.5 Å². The highest BCUT2D eigenvalue weighted by atomic mass is 32.1. The van der Waals surface area contributed by atoms with Crippen molar-refractivity contribution in [2.45, 2.75) is 32.2 Å². The summed E-state index contributed by atoms with van der Waals surface area (Å²) in [6.07, 6.45) is 2.78. The van der Waals surface area contributed by atoms with Crippen LogP contribution < -0.4 is 5.32 Å². The number of anilines is 1. The fraction of sp³-hybridized carbons (Fsp3) is 0.692. The molecule has 19 heavy (non-hydrogen) atoms. The van der Waals surface area contributed by atoms with Crippen LogP contribution in [0.5, 0.6) is 0 Å². The lowest BCUT2D eigenvalue weighted by molar-refractivity contribution is -0.139. The van der Waals surface area contributed by atoms with Gasteiger partial charge in [0.25, 0.3) is 0 Å². The first-order valence-corrected chi connectivity index (χ1v) is 7.60. The third-order valence-electron chi connectivity index (χ3n) is 3.50. The smallest absolute Gasteiger partial charge is 0.311 e. The third kappa shape index (κ3) is 3.91. The summed E-state index contributed by atoms with van der Waals surface area (Å²) in [5, 5.41) is 6.18. The van der Waals surface area contributed by atoms with Crippen LogP contribution in [-0.4, -0.2) is 48.6 Å². The Labute approximate surface area is 118 Å². The number of hydrogen-bond acceptors (Lipinski definition) is 6. The second-order valence-electron chi connectivity index (χ2n) is 4.70. The Hall–Kier alpha value is -1.14. The summed E-state index contributed by atoms with van der Waals surface area (Å²) in [4.78, 5) is 18.0. The van der Waals surface area contributed by atoms with E-state index < -0.39 is 0 Å². The van der Waals surface area contributed by atoms with E-state index in [9.17, 15) is 4.79 Å². The average Bonchev–Trinajstić information content (AvgIpc) is 3.04. The van der Waals surface area contributed by atoms with Crippen molar-refractivity contribution < 1.29 is 9.53 Å². The van der Waals surface area contributed by atoms with Crippen LogP contribution in [0.25, 0.3) is 0 Å². The van der Waals surface area contributed by atoms with Crippen molar-refractivity contribution in [2.24, 2.45) is 0 Å². The molecular weight excluding hydrogens is 262 g/mol. The van der Waals surface area contributed by atoms with Gasteiger partial charge in [0.2, 0.25) is 0 Å². The molecule has 1 aliphatic heterocycles. The first-order chi connectivity index (χ1) is 9.22. The quantitative estimate of drug-likeness (QED) is 0.806. The first kappa shape index (κ1) is 14.3. The molecule has 1 saturated heterocycles. The van der Waals surface area contributed by atoms with Gasteiger partial charge < -0.3 is 10.1 Å². The fourth-order valence-corrected chi connectivity index (χ4v) is 3.16. The second kappa shape index (κ2) is 6.86. The number of hydrogen-bond donors (Lipinski definition) is 1. The summed E-state index contributed by atoms with van der Waals surface area (Å²) in [5.74, 6) is -0.246. The average molecular weight is 283 g/mol. The number of rotatable bonds is 6. The molecule has 1 N–H and O–H groups in total. The Morgan fingerprint density at radius 3 is 3.26 bits per heavy atom. The van der Waals surface area contributed by atoms with Gasteiger partial charge >= 0.3 is 5.97 Å². The number of carbonyl (C=O) groups is 1. The highest BCUT2D eigenvalue weighted by molar-refractivity contribution is 7.13. The lowest BCUT2D eigenvalue weighted by Gasteiger charge is -2.22. The van der Waals surface area contributed by atoms with Crippen LogP contribution in [0.2, 0.25) is 0 Å². The SMILES string of the molecule is CCN1CCCC1CNc1nc(CC(=O)OC)cs1. The van der Waals surface area contributed by atoms with Gasteiger partial charge in [0.05, 0.1) is 19.2 Å². The molecule has 5 nitrogen and oxygen atoms in total. The van der Waals surface area contributed by atoms with Gasteiger partial charge in [-0.05, 0) is 25.9 Å². The van der Waals surface area contributed by atoms with Crippen molar-refractivity contribution >= 4 is 22.4 Å². The maximum absolute atomic E-state index is 11.2. The summed E-state index contributed by atoms with van der Waals surface area (Å²) in [5.41, 5.74) is 0.776. The number of nitrogens with one attached hydrogen (secondary N) is 1. The van der Waals surface area contributed by atoms with Crippen molar-refractivity contribution in [1.82, 2.24) is 9.88 Å². The minimum Gasteiger partial charge on any atom is -0.469 e. The normalized spacial score (nSPS) is 19.6. The molecule has 1 aliphatic rings. The van der Waals surface area contributed by atoms with Gasteiger partial charge in [0, 0.05) is 18.0 Å². The van der Waals surface area contributed by atoms with Crippen LogP contribution in [0.15, 0.2) is 5.38 Å². The predicted octanol–water partition coefficient (Wildman–Crippen LogP) is 1.75. The van der Waals surface area contributed by atoms with Crippen LogP contribution in [-0.2, 0) is 16.0 Å². The van der Waals surface area contributed by atoms with E-state index in [1.807, 2.05) is 5.38 Å². The van der Waals surface area contributed by atoms with Gasteiger partial charge in [-0.3, -0.25) is 9.69 Å². The summed E-state index contributed by atoms with van der Waals surface area (Å²) in [6, 6.07) is 0.609. The second-order valence-corrected chi connectivity index (χ2v) is 5.56. The predicted molar refractivity (Wildman–Crippen MR) is 76.6 cm³/mol. The molecule has 2 heterocycles. The zero-order chi connectivity index (χ0) is 13.7. The van der Waals surface area contributed by atoms with Gasteiger partial charge in [-0.2, -0.15) is 0 Å². The molecule has 6 heteroatoms. The molecule has 1 atom stereocenters. The number of nitrogens with zero attached hydrogens (tertiary/aromatic N) is 2. The zero-order valence-corrected chi connectivity index (χ0v) is 12.3. The van der Waals surface area contributed by atoms with Gasteiger partial charge in [0.1, 0.15) is 0 Å². The Morgan fingerprint density at radius 1 is 1.68 bits per heavy atom. The molecule has 1 unspecified atom stereocenters. The lowest BCUT2D eigenvalue weighted by atomic mass is 10.2. The first-order valence-electron chi connectivity index (χ1n) is 6.72. The fourth-order valence-electron chi connectivity index (χ4n) is 2.44. The van der Waals surface area contributed by atoms with Gasteiger partial charge in [-0.1, -0.05) is 6.92 Å². The number of likely N-dealkylation sites (tertiary alicyclic amines) is 1. The number of ether oxygens (including phenoxy) is 1. The Morgan fingerprint density at radius 2 is 2.53 bits per heavy atom. The van der Waals surface area contributed by atoms with Crippen LogP contribution >= 0.6 is 11.3 Å². The number of likely N-dealkylation sites (N-methyl/N-ethyl adjacent to an activating group) is 1.